The normalized spacial score (nSPS) is 17.6. The third-order valence-electron chi connectivity index (χ3n) is 4.19. The van der Waals surface area contributed by atoms with Gasteiger partial charge in [0.1, 0.15) is 11.6 Å². The highest BCUT2D eigenvalue weighted by Gasteiger charge is 2.27. The van der Waals surface area contributed by atoms with E-state index in [0.717, 1.165) is 13.0 Å². The van der Waals surface area contributed by atoms with Gasteiger partial charge in [0.05, 0.1) is 4.47 Å². The van der Waals surface area contributed by atoms with E-state index >= 15 is 0 Å². The van der Waals surface area contributed by atoms with Crippen LogP contribution in [0.2, 0.25) is 0 Å². The summed E-state index contributed by atoms with van der Waals surface area (Å²) < 4.78 is 28.4. The number of halogens is 3. The van der Waals surface area contributed by atoms with Crippen molar-refractivity contribution in [2.24, 2.45) is 5.92 Å². The highest BCUT2D eigenvalue weighted by molar-refractivity contribution is 9.10. The van der Waals surface area contributed by atoms with Crippen LogP contribution >= 0.6 is 15.9 Å². The van der Waals surface area contributed by atoms with Crippen molar-refractivity contribution in [1.82, 2.24) is 5.32 Å². The topological polar surface area (TPSA) is 12.0 Å². The minimum atomic E-state index is -0.453. The van der Waals surface area contributed by atoms with Gasteiger partial charge in [0.2, 0.25) is 0 Å². The van der Waals surface area contributed by atoms with Gasteiger partial charge in [0.25, 0.3) is 0 Å². The molecule has 1 unspecified atom stereocenters. The zero-order valence-electron chi connectivity index (χ0n) is 11.9. The van der Waals surface area contributed by atoms with Gasteiger partial charge in [0.15, 0.2) is 0 Å². The minimum absolute atomic E-state index is 0.177. The van der Waals surface area contributed by atoms with Gasteiger partial charge in [0, 0.05) is 11.6 Å². The molecule has 0 saturated heterocycles. The third kappa shape index (κ3) is 3.79. The first-order valence-electron chi connectivity index (χ1n) is 7.49. The molecule has 2 rings (SSSR count). The lowest BCUT2D eigenvalue weighted by Crippen LogP contribution is -2.38. The van der Waals surface area contributed by atoms with Crippen LogP contribution in [0.1, 0.15) is 44.6 Å². The molecule has 0 aliphatic heterocycles. The summed E-state index contributed by atoms with van der Waals surface area (Å²) in [6, 6.07) is 2.95. The molecule has 0 radical (unpaired) electrons. The molecule has 0 heterocycles. The van der Waals surface area contributed by atoms with Crippen LogP contribution in [-0.2, 0) is 6.42 Å². The molecule has 1 nitrogen and oxygen atoms in total. The van der Waals surface area contributed by atoms with Crippen LogP contribution in [0.15, 0.2) is 16.6 Å². The molecule has 112 valence electrons. The van der Waals surface area contributed by atoms with Crippen molar-refractivity contribution in [1.29, 1.82) is 0 Å². The van der Waals surface area contributed by atoms with E-state index in [1.807, 2.05) is 0 Å². The first kappa shape index (κ1) is 15.9. The predicted octanol–water partition coefficient (Wildman–Crippen LogP) is 4.83. The van der Waals surface area contributed by atoms with Crippen LogP contribution in [-0.4, -0.2) is 12.6 Å². The summed E-state index contributed by atoms with van der Waals surface area (Å²) in [4.78, 5) is 0. The predicted molar refractivity (Wildman–Crippen MR) is 81.8 cm³/mol. The van der Waals surface area contributed by atoms with Gasteiger partial charge < -0.3 is 5.32 Å². The molecule has 0 bridgehead atoms. The average Bonchev–Trinajstić information content (AvgIpc) is 2.96. The fourth-order valence-electron chi connectivity index (χ4n) is 3.07. The van der Waals surface area contributed by atoms with Crippen LogP contribution in [0.5, 0.6) is 0 Å². The van der Waals surface area contributed by atoms with E-state index in [0.29, 0.717) is 16.8 Å². The second-order valence-electron chi connectivity index (χ2n) is 5.63. The van der Waals surface area contributed by atoms with Crippen LogP contribution < -0.4 is 5.32 Å². The molecule has 0 spiro atoms. The second kappa shape index (κ2) is 7.51. The molecule has 1 N–H and O–H groups in total. The fourth-order valence-corrected chi connectivity index (χ4v) is 3.44. The zero-order chi connectivity index (χ0) is 14.5. The van der Waals surface area contributed by atoms with E-state index in [4.69, 9.17) is 0 Å². The average molecular weight is 346 g/mol. The number of hydrogen-bond donors (Lipinski definition) is 1. The molecule has 1 aliphatic carbocycles. The van der Waals surface area contributed by atoms with E-state index in [1.54, 1.807) is 0 Å². The Morgan fingerprint density at radius 3 is 2.65 bits per heavy atom. The van der Waals surface area contributed by atoms with Gasteiger partial charge in [-0.3, -0.25) is 0 Å². The van der Waals surface area contributed by atoms with Gasteiger partial charge in [-0.05, 0) is 66.2 Å². The summed E-state index contributed by atoms with van der Waals surface area (Å²) in [6.07, 6.45) is 6.27. The molecule has 4 heteroatoms. The maximum Gasteiger partial charge on any atom is 0.143 e. The Hall–Kier alpha value is -0.480. The molecule has 1 aliphatic rings. The highest BCUT2D eigenvalue weighted by atomic mass is 79.9. The summed E-state index contributed by atoms with van der Waals surface area (Å²) in [5, 5.41) is 3.49. The smallest absolute Gasteiger partial charge is 0.143 e. The van der Waals surface area contributed by atoms with Crippen LogP contribution in [0.25, 0.3) is 0 Å². The zero-order valence-corrected chi connectivity index (χ0v) is 13.5. The number of benzene rings is 1. The summed E-state index contributed by atoms with van der Waals surface area (Å²) in [5.41, 5.74) is 0.208. The lowest BCUT2D eigenvalue weighted by Gasteiger charge is -2.25. The van der Waals surface area contributed by atoms with Crippen molar-refractivity contribution in [3.63, 3.8) is 0 Å². The van der Waals surface area contributed by atoms with Crippen molar-refractivity contribution in [3.05, 3.63) is 33.8 Å². The molecule has 1 aromatic carbocycles. The van der Waals surface area contributed by atoms with E-state index < -0.39 is 11.6 Å². The molecule has 0 aromatic heterocycles. The van der Waals surface area contributed by atoms with Crippen LogP contribution in [0.4, 0.5) is 8.78 Å². The first-order chi connectivity index (χ1) is 9.63. The molecular formula is C16H22BrF2N. The van der Waals surface area contributed by atoms with Crippen molar-refractivity contribution in [3.8, 4) is 0 Å². The van der Waals surface area contributed by atoms with Crippen molar-refractivity contribution in [2.45, 2.75) is 51.5 Å². The molecule has 0 amide bonds. The van der Waals surface area contributed by atoms with Crippen LogP contribution in [0.3, 0.4) is 0 Å². The first-order valence-corrected chi connectivity index (χ1v) is 8.28. The monoisotopic (exact) mass is 345 g/mol. The SMILES string of the molecule is CCCNC(Cc1c(F)ccc(Br)c1F)C1CCCC1. The Labute approximate surface area is 128 Å². The van der Waals surface area contributed by atoms with E-state index in [9.17, 15) is 8.78 Å². The molecule has 1 saturated carbocycles. The van der Waals surface area contributed by atoms with E-state index in [-0.39, 0.29) is 11.6 Å². The minimum Gasteiger partial charge on any atom is -0.313 e. The second-order valence-corrected chi connectivity index (χ2v) is 6.49. The Kier molecular flexibility index (Phi) is 5.97. The van der Waals surface area contributed by atoms with Crippen molar-refractivity contribution >= 4 is 15.9 Å². The Balaban J connectivity index is 2.16. The maximum absolute atomic E-state index is 14.1. The number of nitrogens with one attached hydrogen (secondary N) is 1. The lowest BCUT2D eigenvalue weighted by molar-refractivity contribution is 0.349. The van der Waals surface area contributed by atoms with Gasteiger partial charge in [-0.15, -0.1) is 0 Å². The standard InChI is InChI=1S/C16H22BrF2N/c1-2-9-20-15(11-5-3-4-6-11)10-12-14(18)8-7-13(17)16(12)19/h7-8,11,15,20H,2-6,9-10H2,1H3. The van der Waals surface area contributed by atoms with E-state index in [1.165, 1.54) is 37.8 Å². The van der Waals surface area contributed by atoms with Gasteiger partial charge in [-0.25, -0.2) is 8.78 Å². The summed E-state index contributed by atoms with van der Waals surface area (Å²) in [6.45, 7) is 3.01. The van der Waals surface area contributed by atoms with Crippen LogP contribution in [0, 0.1) is 17.6 Å². The Morgan fingerprint density at radius 1 is 1.30 bits per heavy atom. The Bertz CT molecular complexity index is 444. The molecule has 1 atom stereocenters. The van der Waals surface area contributed by atoms with Crippen molar-refractivity contribution in [2.75, 3.05) is 6.54 Å². The summed E-state index contributed by atoms with van der Waals surface area (Å²) in [7, 11) is 0. The number of rotatable bonds is 6. The fraction of sp³-hybridized carbons (Fsp3) is 0.625. The quantitative estimate of drug-likeness (QED) is 0.728. The summed E-state index contributed by atoms with van der Waals surface area (Å²) in [5.74, 6) is -0.349. The largest absolute Gasteiger partial charge is 0.313 e. The Morgan fingerprint density at radius 2 is 2.00 bits per heavy atom. The maximum atomic E-state index is 14.1. The lowest BCUT2D eigenvalue weighted by atomic mass is 9.91. The van der Waals surface area contributed by atoms with Crippen molar-refractivity contribution < 1.29 is 8.78 Å². The molecular weight excluding hydrogens is 324 g/mol. The van der Waals surface area contributed by atoms with E-state index in [2.05, 4.69) is 28.2 Å². The molecule has 1 fully saturated rings. The number of hydrogen-bond acceptors (Lipinski definition) is 1. The molecule has 20 heavy (non-hydrogen) atoms. The van der Waals surface area contributed by atoms with Gasteiger partial charge >= 0.3 is 0 Å². The third-order valence-corrected chi connectivity index (χ3v) is 4.80. The van der Waals surface area contributed by atoms with Gasteiger partial charge in [-0.2, -0.15) is 0 Å². The molecule has 1 aromatic rings. The summed E-state index contributed by atoms with van der Waals surface area (Å²) >= 11 is 3.14. The highest BCUT2D eigenvalue weighted by Crippen LogP contribution is 2.31. The van der Waals surface area contributed by atoms with Gasteiger partial charge in [-0.1, -0.05) is 19.8 Å².